The van der Waals surface area contributed by atoms with E-state index in [1.807, 2.05) is 18.2 Å². The third-order valence-electron chi connectivity index (χ3n) is 5.58. The highest BCUT2D eigenvalue weighted by molar-refractivity contribution is 5.80. The molecule has 0 saturated carbocycles. The van der Waals surface area contributed by atoms with Gasteiger partial charge in [-0.2, -0.15) is 0 Å². The summed E-state index contributed by atoms with van der Waals surface area (Å²) in [6, 6.07) is 10.3. The number of hydrogen-bond donors (Lipinski definition) is 1. The van der Waals surface area contributed by atoms with Crippen LogP contribution in [0.15, 0.2) is 30.3 Å². The second kappa shape index (κ2) is 10.0. The van der Waals surface area contributed by atoms with Crippen LogP contribution in [0.25, 0.3) is 0 Å². The van der Waals surface area contributed by atoms with E-state index in [4.69, 9.17) is 14.2 Å². The molecule has 7 nitrogen and oxygen atoms in total. The molecule has 1 aromatic rings. The predicted octanol–water partition coefficient (Wildman–Crippen LogP) is 1.36. The van der Waals surface area contributed by atoms with Crippen molar-refractivity contribution >= 4 is 11.9 Å². The number of esters is 1. The molecule has 0 bridgehead atoms. The van der Waals surface area contributed by atoms with Crippen LogP contribution in [-0.4, -0.2) is 69.4 Å². The van der Waals surface area contributed by atoms with Crippen LogP contribution in [0.3, 0.4) is 0 Å². The molecular weight excluding hydrogens is 360 g/mol. The Bertz CT molecular complexity index is 645. The van der Waals surface area contributed by atoms with Crippen LogP contribution in [0.2, 0.25) is 0 Å². The quantitative estimate of drug-likeness (QED) is 0.709. The van der Waals surface area contributed by atoms with Crippen LogP contribution in [0, 0.1) is 5.41 Å². The van der Waals surface area contributed by atoms with Gasteiger partial charge in [0.15, 0.2) is 0 Å². The molecule has 28 heavy (non-hydrogen) atoms. The number of nitrogens with zero attached hydrogens (tertiary/aromatic N) is 1. The highest BCUT2D eigenvalue weighted by atomic mass is 16.5. The predicted molar refractivity (Wildman–Crippen MR) is 104 cm³/mol. The SMILES string of the molecule is COC(=O)C1(CNC(=O)C[C@@H]2CN(Cc3ccccc3)CCO2)CCOCC1. The number of carbonyl (C=O) groups is 2. The van der Waals surface area contributed by atoms with Crippen molar-refractivity contribution in [3.63, 3.8) is 0 Å². The van der Waals surface area contributed by atoms with Gasteiger partial charge in [-0.3, -0.25) is 14.5 Å². The lowest BCUT2D eigenvalue weighted by Crippen LogP contribution is -2.48. The van der Waals surface area contributed by atoms with E-state index >= 15 is 0 Å². The maximum Gasteiger partial charge on any atom is 0.313 e. The monoisotopic (exact) mass is 390 g/mol. The highest BCUT2D eigenvalue weighted by Crippen LogP contribution is 2.31. The molecule has 2 heterocycles. The first-order valence-corrected chi connectivity index (χ1v) is 9.92. The molecule has 1 amide bonds. The number of rotatable bonds is 7. The van der Waals surface area contributed by atoms with E-state index in [-0.39, 0.29) is 24.5 Å². The lowest BCUT2D eigenvalue weighted by molar-refractivity contribution is -0.158. The first-order valence-electron chi connectivity index (χ1n) is 9.92. The minimum atomic E-state index is -0.685. The Balaban J connectivity index is 1.47. The van der Waals surface area contributed by atoms with Gasteiger partial charge in [-0.1, -0.05) is 30.3 Å². The molecule has 1 N–H and O–H groups in total. The van der Waals surface area contributed by atoms with Crippen molar-refractivity contribution in [1.82, 2.24) is 10.2 Å². The maximum atomic E-state index is 12.5. The zero-order valence-electron chi connectivity index (χ0n) is 16.5. The number of hydrogen-bond acceptors (Lipinski definition) is 6. The molecule has 0 radical (unpaired) electrons. The standard InChI is InChI=1S/C21H30N2O5/c1-26-20(25)21(7-10-27-11-8-21)16-22-19(24)13-18-15-23(9-12-28-18)14-17-5-3-2-4-6-17/h2-6,18H,7-16H2,1H3,(H,22,24)/t18-/m1/s1. The summed E-state index contributed by atoms with van der Waals surface area (Å²) in [6.45, 7) is 4.34. The minimum absolute atomic E-state index is 0.0960. The summed E-state index contributed by atoms with van der Waals surface area (Å²) in [5, 5.41) is 2.93. The van der Waals surface area contributed by atoms with Crippen LogP contribution in [0.1, 0.15) is 24.8 Å². The lowest BCUT2D eigenvalue weighted by atomic mass is 9.80. The summed E-state index contributed by atoms with van der Waals surface area (Å²) in [4.78, 5) is 27.0. The van der Waals surface area contributed by atoms with Crippen molar-refractivity contribution < 1.29 is 23.8 Å². The van der Waals surface area contributed by atoms with Gasteiger partial charge in [-0.15, -0.1) is 0 Å². The minimum Gasteiger partial charge on any atom is -0.469 e. The van der Waals surface area contributed by atoms with Crippen LogP contribution >= 0.6 is 0 Å². The van der Waals surface area contributed by atoms with Crippen molar-refractivity contribution in [1.29, 1.82) is 0 Å². The molecule has 7 heteroatoms. The average molecular weight is 390 g/mol. The van der Waals surface area contributed by atoms with E-state index in [0.717, 1.165) is 19.6 Å². The number of methoxy groups -OCH3 is 1. The number of amides is 1. The average Bonchev–Trinajstić information content (AvgIpc) is 2.73. The Morgan fingerprint density at radius 1 is 1.21 bits per heavy atom. The van der Waals surface area contributed by atoms with Crippen molar-refractivity contribution in [2.75, 3.05) is 46.6 Å². The summed E-state index contributed by atoms with van der Waals surface area (Å²) in [7, 11) is 1.39. The van der Waals surface area contributed by atoms with E-state index in [2.05, 4.69) is 22.3 Å². The fourth-order valence-corrected chi connectivity index (χ4v) is 3.87. The zero-order valence-corrected chi connectivity index (χ0v) is 16.5. The van der Waals surface area contributed by atoms with Gasteiger partial charge in [0.1, 0.15) is 0 Å². The van der Waals surface area contributed by atoms with Gasteiger partial charge in [0.2, 0.25) is 5.91 Å². The molecule has 0 aliphatic carbocycles. The van der Waals surface area contributed by atoms with Gasteiger partial charge in [-0.05, 0) is 18.4 Å². The Labute approximate surface area is 166 Å². The number of benzene rings is 1. The summed E-state index contributed by atoms with van der Waals surface area (Å²) in [5.74, 6) is -0.375. The van der Waals surface area contributed by atoms with Crippen molar-refractivity contribution in [3.05, 3.63) is 35.9 Å². The smallest absolute Gasteiger partial charge is 0.313 e. The van der Waals surface area contributed by atoms with E-state index in [1.165, 1.54) is 12.7 Å². The summed E-state index contributed by atoms with van der Waals surface area (Å²) in [5.41, 5.74) is 0.572. The second-order valence-corrected chi connectivity index (χ2v) is 7.58. The van der Waals surface area contributed by atoms with Crippen molar-refractivity contribution in [3.8, 4) is 0 Å². The Morgan fingerprint density at radius 2 is 1.96 bits per heavy atom. The van der Waals surface area contributed by atoms with Crippen LogP contribution in [0.4, 0.5) is 0 Å². The van der Waals surface area contributed by atoms with E-state index < -0.39 is 5.41 Å². The molecule has 0 aromatic heterocycles. The van der Waals surface area contributed by atoms with Crippen LogP contribution in [-0.2, 0) is 30.3 Å². The molecule has 1 aromatic carbocycles. The Kier molecular flexibility index (Phi) is 7.42. The number of morpholine rings is 1. The van der Waals surface area contributed by atoms with E-state index in [9.17, 15) is 9.59 Å². The highest BCUT2D eigenvalue weighted by Gasteiger charge is 2.41. The molecule has 2 aliphatic rings. The number of ether oxygens (including phenoxy) is 3. The third kappa shape index (κ3) is 5.53. The molecule has 154 valence electrons. The first-order chi connectivity index (χ1) is 13.6. The number of carbonyl (C=O) groups excluding carboxylic acids is 2. The Hall–Kier alpha value is -1.96. The molecule has 3 rings (SSSR count). The summed E-state index contributed by atoms with van der Waals surface area (Å²) >= 11 is 0. The summed E-state index contributed by atoms with van der Waals surface area (Å²) < 4.78 is 16.1. The van der Waals surface area contributed by atoms with Gasteiger partial charge >= 0.3 is 5.97 Å². The van der Waals surface area contributed by atoms with Gasteiger partial charge in [0.25, 0.3) is 0 Å². The summed E-state index contributed by atoms with van der Waals surface area (Å²) in [6.07, 6.45) is 1.27. The Morgan fingerprint density at radius 3 is 2.68 bits per heavy atom. The topological polar surface area (TPSA) is 77.1 Å². The van der Waals surface area contributed by atoms with Crippen LogP contribution in [0.5, 0.6) is 0 Å². The normalized spacial score (nSPS) is 22.4. The van der Waals surface area contributed by atoms with Gasteiger partial charge < -0.3 is 19.5 Å². The molecule has 2 aliphatic heterocycles. The number of nitrogens with one attached hydrogen (secondary N) is 1. The van der Waals surface area contributed by atoms with E-state index in [0.29, 0.717) is 39.1 Å². The van der Waals surface area contributed by atoms with Gasteiger partial charge in [-0.25, -0.2) is 0 Å². The van der Waals surface area contributed by atoms with E-state index in [1.54, 1.807) is 0 Å². The molecule has 1 atom stereocenters. The largest absolute Gasteiger partial charge is 0.469 e. The van der Waals surface area contributed by atoms with Crippen molar-refractivity contribution in [2.45, 2.75) is 31.9 Å². The lowest BCUT2D eigenvalue weighted by Gasteiger charge is -2.35. The van der Waals surface area contributed by atoms with Gasteiger partial charge in [0.05, 0.1) is 31.7 Å². The third-order valence-corrected chi connectivity index (χ3v) is 5.58. The molecule has 2 fully saturated rings. The maximum absolute atomic E-state index is 12.5. The fraction of sp³-hybridized carbons (Fsp3) is 0.619. The first kappa shape index (κ1) is 20.8. The molecule has 2 saturated heterocycles. The molecular formula is C21H30N2O5. The molecule has 0 spiro atoms. The zero-order chi connectivity index (χ0) is 19.8. The van der Waals surface area contributed by atoms with Crippen molar-refractivity contribution in [2.24, 2.45) is 5.41 Å². The second-order valence-electron chi connectivity index (χ2n) is 7.58. The van der Waals surface area contributed by atoms with Gasteiger partial charge in [0, 0.05) is 39.4 Å². The van der Waals surface area contributed by atoms with Crippen LogP contribution < -0.4 is 5.32 Å². The molecule has 0 unspecified atom stereocenters. The fourth-order valence-electron chi connectivity index (χ4n) is 3.87.